The zero-order valence-corrected chi connectivity index (χ0v) is 6.79. The van der Waals surface area contributed by atoms with Crippen LogP contribution in [0.15, 0.2) is 24.3 Å². The van der Waals surface area contributed by atoms with Gasteiger partial charge in [0.15, 0.2) is 0 Å². The molecule has 0 radical (unpaired) electrons. The summed E-state index contributed by atoms with van der Waals surface area (Å²) in [4.78, 5) is 11.4. The highest BCUT2D eigenvalue weighted by molar-refractivity contribution is 5.91. The number of carbonyl (C=O) groups excluding carboxylic acids is 1. The minimum Gasteiger partial charge on any atom is -0.299 e. The van der Waals surface area contributed by atoms with Crippen molar-refractivity contribution in [2.24, 2.45) is 0 Å². The molecule has 1 nitrogen and oxygen atoms in total. The summed E-state index contributed by atoms with van der Waals surface area (Å²) < 4.78 is 0. The first-order valence-electron chi connectivity index (χ1n) is 4.48. The van der Waals surface area contributed by atoms with Crippen molar-refractivity contribution in [3.8, 4) is 0 Å². The quantitative estimate of drug-likeness (QED) is 0.566. The number of ketones is 1. The summed E-state index contributed by atoms with van der Waals surface area (Å²) in [6.45, 7) is 0. The van der Waals surface area contributed by atoms with E-state index in [1.165, 1.54) is 11.1 Å². The Labute approximate surface area is 71.4 Å². The van der Waals surface area contributed by atoms with Crippen molar-refractivity contribution in [1.82, 2.24) is 0 Å². The molecule has 12 heavy (non-hydrogen) atoms. The van der Waals surface area contributed by atoms with Gasteiger partial charge in [0.25, 0.3) is 0 Å². The molecule has 0 amide bonds. The van der Waals surface area contributed by atoms with E-state index in [4.69, 9.17) is 0 Å². The van der Waals surface area contributed by atoms with Crippen LogP contribution in [0.25, 0.3) is 0 Å². The lowest BCUT2D eigenvalue weighted by Gasteiger charge is -2.12. The first-order valence-corrected chi connectivity index (χ1v) is 4.48. The Morgan fingerprint density at radius 3 is 2.75 bits per heavy atom. The fourth-order valence-electron chi connectivity index (χ4n) is 2.62. The van der Waals surface area contributed by atoms with E-state index in [2.05, 4.69) is 18.2 Å². The number of Topliss-reactive ketones (excluding diaryl/α,β-unsaturated/α-hetero) is 1. The number of hydrogen-bond donors (Lipinski definition) is 0. The van der Waals surface area contributed by atoms with E-state index in [1.54, 1.807) is 0 Å². The topological polar surface area (TPSA) is 17.1 Å². The van der Waals surface area contributed by atoms with Gasteiger partial charge < -0.3 is 0 Å². The largest absolute Gasteiger partial charge is 0.299 e. The molecule has 3 rings (SSSR count). The molecule has 0 spiro atoms. The summed E-state index contributed by atoms with van der Waals surface area (Å²) in [6.07, 6.45) is 1.87. The first-order chi connectivity index (χ1) is 5.86. The standard InChI is InChI=1S/C11H10O/c12-11-6-7-5-10(11)9-4-2-1-3-8(7)9/h1-4,7,10H,5-6H2/t7-,10-/m0/s1. The zero-order valence-electron chi connectivity index (χ0n) is 6.79. The Hall–Kier alpha value is -1.11. The van der Waals surface area contributed by atoms with Crippen LogP contribution in [0.4, 0.5) is 0 Å². The van der Waals surface area contributed by atoms with Gasteiger partial charge in [-0.15, -0.1) is 0 Å². The lowest BCUT2D eigenvalue weighted by atomic mass is 9.91. The fourth-order valence-corrected chi connectivity index (χ4v) is 2.62. The minimum absolute atomic E-state index is 0.256. The Morgan fingerprint density at radius 1 is 1.17 bits per heavy atom. The van der Waals surface area contributed by atoms with Crippen LogP contribution in [-0.4, -0.2) is 5.78 Å². The van der Waals surface area contributed by atoms with Crippen molar-refractivity contribution in [1.29, 1.82) is 0 Å². The molecule has 0 heterocycles. The molecule has 0 aromatic heterocycles. The number of fused-ring (bicyclic) bond motifs is 5. The molecule has 2 bridgehead atoms. The number of benzene rings is 1. The molecular weight excluding hydrogens is 148 g/mol. The predicted octanol–water partition coefficient (Wildman–Crippen LogP) is 2.23. The average molecular weight is 158 g/mol. The monoisotopic (exact) mass is 158 g/mol. The molecule has 0 aliphatic heterocycles. The first kappa shape index (κ1) is 6.41. The van der Waals surface area contributed by atoms with E-state index in [1.807, 2.05) is 6.07 Å². The predicted molar refractivity (Wildman–Crippen MR) is 46.2 cm³/mol. The van der Waals surface area contributed by atoms with Crippen LogP contribution >= 0.6 is 0 Å². The minimum atomic E-state index is 0.256. The second-order valence-electron chi connectivity index (χ2n) is 3.78. The Balaban J connectivity index is 2.23. The average Bonchev–Trinajstić information content (AvgIpc) is 2.62. The van der Waals surface area contributed by atoms with Crippen LogP contribution in [-0.2, 0) is 4.79 Å². The lowest BCUT2D eigenvalue weighted by Crippen LogP contribution is -2.08. The molecule has 60 valence electrons. The second-order valence-corrected chi connectivity index (χ2v) is 3.78. The zero-order chi connectivity index (χ0) is 8.13. The SMILES string of the molecule is O=C1C[C@@H]2C[C@H]1c1ccccc12. The third kappa shape index (κ3) is 0.619. The van der Waals surface area contributed by atoms with Crippen LogP contribution in [0, 0.1) is 0 Å². The van der Waals surface area contributed by atoms with Gasteiger partial charge in [0.2, 0.25) is 0 Å². The molecule has 1 aromatic rings. The summed E-state index contributed by atoms with van der Waals surface area (Å²) in [5, 5.41) is 0. The van der Waals surface area contributed by atoms with Gasteiger partial charge in [0.05, 0.1) is 0 Å². The Kier molecular flexibility index (Phi) is 1.06. The van der Waals surface area contributed by atoms with Gasteiger partial charge in [-0.05, 0) is 23.5 Å². The Bertz CT molecular complexity index is 354. The maximum Gasteiger partial charge on any atom is 0.140 e. The number of carbonyl (C=O) groups is 1. The molecule has 2 aliphatic rings. The van der Waals surface area contributed by atoms with Gasteiger partial charge in [-0.25, -0.2) is 0 Å². The van der Waals surface area contributed by atoms with E-state index in [0.29, 0.717) is 11.7 Å². The molecule has 1 fully saturated rings. The highest BCUT2D eigenvalue weighted by Crippen LogP contribution is 2.50. The van der Waals surface area contributed by atoms with Crippen LogP contribution in [0.5, 0.6) is 0 Å². The van der Waals surface area contributed by atoms with Crippen LogP contribution < -0.4 is 0 Å². The molecule has 0 unspecified atom stereocenters. The summed E-state index contributed by atoms with van der Waals surface area (Å²) in [5.41, 5.74) is 2.74. The van der Waals surface area contributed by atoms with E-state index in [9.17, 15) is 4.79 Å². The fraction of sp³-hybridized carbons (Fsp3) is 0.364. The van der Waals surface area contributed by atoms with Crippen LogP contribution in [0.2, 0.25) is 0 Å². The van der Waals surface area contributed by atoms with E-state index < -0.39 is 0 Å². The Morgan fingerprint density at radius 2 is 1.92 bits per heavy atom. The summed E-state index contributed by atoms with van der Waals surface area (Å²) in [5.74, 6) is 1.27. The normalized spacial score (nSPS) is 30.8. The van der Waals surface area contributed by atoms with Crippen LogP contribution in [0.3, 0.4) is 0 Å². The molecule has 1 saturated carbocycles. The van der Waals surface area contributed by atoms with Crippen LogP contribution in [0.1, 0.15) is 35.8 Å². The summed E-state index contributed by atoms with van der Waals surface area (Å²) >= 11 is 0. The van der Waals surface area contributed by atoms with Crippen molar-refractivity contribution in [2.45, 2.75) is 24.7 Å². The van der Waals surface area contributed by atoms with Gasteiger partial charge in [0, 0.05) is 12.3 Å². The van der Waals surface area contributed by atoms with Gasteiger partial charge in [-0.2, -0.15) is 0 Å². The van der Waals surface area contributed by atoms with Crippen molar-refractivity contribution in [3.05, 3.63) is 35.4 Å². The van der Waals surface area contributed by atoms with E-state index >= 15 is 0 Å². The number of rotatable bonds is 0. The number of hydrogen-bond acceptors (Lipinski definition) is 1. The third-order valence-electron chi connectivity index (χ3n) is 3.17. The molecule has 2 atom stereocenters. The highest BCUT2D eigenvalue weighted by atomic mass is 16.1. The van der Waals surface area contributed by atoms with Gasteiger partial charge in [-0.3, -0.25) is 4.79 Å². The molecule has 0 N–H and O–H groups in total. The molecule has 0 saturated heterocycles. The maximum absolute atomic E-state index is 11.4. The van der Waals surface area contributed by atoms with E-state index in [0.717, 1.165) is 12.8 Å². The van der Waals surface area contributed by atoms with Crippen molar-refractivity contribution in [2.75, 3.05) is 0 Å². The molecular formula is C11H10O. The van der Waals surface area contributed by atoms with Gasteiger partial charge >= 0.3 is 0 Å². The van der Waals surface area contributed by atoms with Gasteiger partial charge in [0.1, 0.15) is 5.78 Å². The van der Waals surface area contributed by atoms with Gasteiger partial charge in [-0.1, -0.05) is 24.3 Å². The summed E-state index contributed by atoms with van der Waals surface area (Å²) in [6, 6.07) is 8.39. The van der Waals surface area contributed by atoms with Crippen molar-refractivity contribution in [3.63, 3.8) is 0 Å². The smallest absolute Gasteiger partial charge is 0.140 e. The molecule has 1 heteroatoms. The van der Waals surface area contributed by atoms with Crippen molar-refractivity contribution < 1.29 is 4.79 Å². The summed E-state index contributed by atoms with van der Waals surface area (Å²) in [7, 11) is 0. The maximum atomic E-state index is 11.4. The molecule has 1 aromatic carbocycles. The highest BCUT2D eigenvalue weighted by Gasteiger charge is 2.42. The molecule has 2 aliphatic carbocycles. The third-order valence-corrected chi connectivity index (χ3v) is 3.17. The van der Waals surface area contributed by atoms with E-state index in [-0.39, 0.29) is 5.92 Å². The van der Waals surface area contributed by atoms with Crippen molar-refractivity contribution >= 4 is 5.78 Å². The lowest BCUT2D eigenvalue weighted by molar-refractivity contribution is -0.118. The second kappa shape index (κ2) is 1.98.